The Morgan fingerprint density at radius 2 is 1.57 bits per heavy atom. The van der Waals surface area contributed by atoms with Crippen LogP contribution in [0, 0.1) is 5.92 Å². The van der Waals surface area contributed by atoms with Gasteiger partial charge < -0.3 is 9.80 Å². The van der Waals surface area contributed by atoms with Crippen LogP contribution in [0.5, 0.6) is 0 Å². The maximum Gasteiger partial charge on any atom is 0.254 e. The molecule has 0 bridgehead atoms. The molecule has 1 atom stereocenters. The number of piperidine rings is 1. The van der Waals surface area contributed by atoms with Crippen LogP contribution < -0.4 is 0 Å². The molecule has 1 saturated heterocycles. The van der Waals surface area contributed by atoms with E-state index in [2.05, 4.69) is 18.2 Å². The second-order valence-corrected chi connectivity index (χ2v) is 8.40. The lowest BCUT2D eigenvalue weighted by Crippen LogP contribution is -2.47. The van der Waals surface area contributed by atoms with Crippen molar-refractivity contribution in [2.75, 3.05) is 19.6 Å². The molecule has 152 valence electrons. The molecule has 4 nitrogen and oxygen atoms in total. The van der Waals surface area contributed by atoms with Crippen molar-refractivity contribution in [3.8, 4) is 0 Å². The van der Waals surface area contributed by atoms with Gasteiger partial charge in [-0.15, -0.1) is 0 Å². The molecule has 1 fully saturated rings. The Kier molecular flexibility index (Phi) is 4.99. The Morgan fingerprint density at radius 1 is 0.800 bits per heavy atom. The van der Waals surface area contributed by atoms with Crippen molar-refractivity contribution in [1.29, 1.82) is 0 Å². The van der Waals surface area contributed by atoms with Gasteiger partial charge in [-0.1, -0.05) is 60.7 Å². The first kappa shape index (κ1) is 18.9. The van der Waals surface area contributed by atoms with Gasteiger partial charge in [-0.3, -0.25) is 9.59 Å². The maximum absolute atomic E-state index is 13.3. The number of fused-ring (bicyclic) bond motifs is 2. The highest BCUT2D eigenvalue weighted by molar-refractivity contribution is 6.07. The van der Waals surface area contributed by atoms with Gasteiger partial charge in [0.25, 0.3) is 5.91 Å². The zero-order chi connectivity index (χ0) is 20.5. The molecule has 0 spiro atoms. The van der Waals surface area contributed by atoms with Crippen molar-refractivity contribution in [1.82, 2.24) is 9.80 Å². The molecule has 2 aliphatic rings. The third-order valence-electron chi connectivity index (χ3n) is 6.52. The van der Waals surface area contributed by atoms with Crippen molar-refractivity contribution in [2.45, 2.75) is 25.8 Å². The van der Waals surface area contributed by atoms with Crippen LogP contribution in [-0.4, -0.2) is 41.2 Å². The van der Waals surface area contributed by atoms with Gasteiger partial charge in [0.2, 0.25) is 5.91 Å². The molecular weight excluding hydrogens is 372 g/mol. The molecule has 2 aliphatic heterocycles. The van der Waals surface area contributed by atoms with Crippen LogP contribution in [0.1, 0.15) is 34.3 Å². The van der Waals surface area contributed by atoms with E-state index in [-0.39, 0.29) is 17.7 Å². The summed E-state index contributed by atoms with van der Waals surface area (Å²) in [6.45, 7) is 2.68. The van der Waals surface area contributed by atoms with Gasteiger partial charge in [0.05, 0.1) is 5.92 Å². The van der Waals surface area contributed by atoms with E-state index in [9.17, 15) is 9.59 Å². The third kappa shape index (κ3) is 3.47. The summed E-state index contributed by atoms with van der Waals surface area (Å²) in [5.41, 5.74) is 3.32. The monoisotopic (exact) mass is 398 g/mol. The first-order valence-corrected chi connectivity index (χ1v) is 10.8. The molecule has 2 heterocycles. The fourth-order valence-electron chi connectivity index (χ4n) is 4.89. The van der Waals surface area contributed by atoms with E-state index in [1.54, 1.807) is 0 Å². The largest absolute Gasteiger partial charge is 0.338 e. The van der Waals surface area contributed by atoms with E-state index in [1.807, 2.05) is 58.3 Å². The number of likely N-dealkylation sites (tertiary alicyclic amines) is 1. The Morgan fingerprint density at radius 3 is 2.47 bits per heavy atom. The summed E-state index contributed by atoms with van der Waals surface area (Å²) < 4.78 is 0. The summed E-state index contributed by atoms with van der Waals surface area (Å²) in [5.74, 6) is 0.121. The van der Waals surface area contributed by atoms with Gasteiger partial charge in [-0.05, 0) is 47.2 Å². The molecule has 0 radical (unpaired) electrons. The predicted octanol–water partition coefficient (Wildman–Crippen LogP) is 4.28. The fourth-order valence-corrected chi connectivity index (χ4v) is 4.89. The van der Waals surface area contributed by atoms with Gasteiger partial charge in [-0.2, -0.15) is 0 Å². The third-order valence-corrected chi connectivity index (χ3v) is 6.52. The normalized spacial score (nSPS) is 18.9. The standard InChI is InChI=1S/C26H26N2O2/c29-25(28-16-14-19-7-1-2-9-21(19)17-28)22-11-6-15-27(18-22)26(30)24-13-5-10-20-8-3-4-12-23(20)24/h1-5,7-10,12-13,22H,6,11,14-18H2/t22-/m0/s1. The van der Waals surface area contributed by atoms with Crippen molar-refractivity contribution in [3.05, 3.63) is 83.4 Å². The quantitative estimate of drug-likeness (QED) is 0.647. The highest BCUT2D eigenvalue weighted by atomic mass is 16.2. The number of carbonyl (C=O) groups is 2. The molecule has 0 N–H and O–H groups in total. The first-order valence-electron chi connectivity index (χ1n) is 10.8. The lowest BCUT2D eigenvalue weighted by Gasteiger charge is -2.37. The Balaban J connectivity index is 1.32. The molecular formula is C26H26N2O2. The molecule has 3 aromatic rings. The minimum absolute atomic E-state index is 0.0355. The number of amides is 2. The molecule has 0 saturated carbocycles. The predicted molar refractivity (Wildman–Crippen MR) is 118 cm³/mol. The molecule has 0 unspecified atom stereocenters. The topological polar surface area (TPSA) is 40.6 Å². The van der Waals surface area contributed by atoms with Gasteiger partial charge in [0.15, 0.2) is 0 Å². The van der Waals surface area contributed by atoms with E-state index in [0.29, 0.717) is 19.6 Å². The summed E-state index contributed by atoms with van der Waals surface area (Å²) in [6.07, 6.45) is 2.64. The molecule has 5 rings (SSSR count). The number of rotatable bonds is 2. The van der Waals surface area contributed by atoms with Crippen LogP contribution in [0.3, 0.4) is 0 Å². The van der Waals surface area contributed by atoms with Gasteiger partial charge in [0, 0.05) is 31.7 Å². The van der Waals surface area contributed by atoms with Crippen LogP contribution in [0.2, 0.25) is 0 Å². The Labute approximate surface area is 177 Å². The van der Waals surface area contributed by atoms with Crippen molar-refractivity contribution in [3.63, 3.8) is 0 Å². The van der Waals surface area contributed by atoms with Gasteiger partial charge >= 0.3 is 0 Å². The number of hydrogen-bond acceptors (Lipinski definition) is 2. The van der Waals surface area contributed by atoms with Crippen molar-refractivity contribution >= 4 is 22.6 Å². The summed E-state index contributed by atoms with van der Waals surface area (Å²) in [6, 6.07) is 22.2. The van der Waals surface area contributed by atoms with E-state index in [0.717, 1.165) is 42.1 Å². The van der Waals surface area contributed by atoms with Gasteiger partial charge in [0.1, 0.15) is 0 Å². The zero-order valence-corrected chi connectivity index (χ0v) is 17.1. The Hall–Kier alpha value is -3.14. The lowest BCUT2D eigenvalue weighted by atomic mass is 9.93. The van der Waals surface area contributed by atoms with Crippen LogP contribution in [0.4, 0.5) is 0 Å². The molecule has 2 amide bonds. The maximum atomic E-state index is 13.3. The molecule has 30 heavy (non-hydrogen) atoms. The highest BCUT2D eigenvalue weighted by Crippen LogP contribution is 2.26. The number of nitrogens with zero attached hydrogens (tertiary/aromatic N) is 2. The zero-order valence-electron chi connectivity index (χ0n) is 17.1. The van der Waals surface area contributed by atoms with E-state index < -0.39 is 0 Å². The van der Waals surface area contributed by atoms with E-state index in [4.69, 9.17) is 0 Å². The molecule has 3 aromatic carbocycles. The minimum Gasteiger partial charge on any atom is -0.338 e. The second-order valence-electron chi connectivity index (χ2n) is 8.40. The minimum atomic E-state index is -0.108. The van der Waals surface area contributed by atoms with Gasteiger partial charge in [-0.25, -0.2) is 0 Å². The molecule has 4 heteroatoms. The summed E-state index contributed by atoms with van der Waals surface area (Å²) in [4.78, 5) is 30.5. The van der Waals surface area contributed by atoms with E-state index in [1.165, 1.54) is 11.1 Å². The second kappa shape index (κ2) is 7.94. The average Bonchev–Trinajstić information content (AvgIpc) is 2.82. The summed E-state index contributed by atoms with van der Waals surface area (Å²) >= 11 is 0. The van der Waals surface area contributed by atoms with Crippen molar-refractivity contribution in [2.24, 2.45) is 5.92 Å². The van der Waals surface area contributed by atoms with Crippen LogP contribution in [0.15, 0.2) is 66.7 Å². The Bertz CT molecular complexity index is 1100. The smallest absolute Gasteiger partial charge is 0.254 e. The first-order chi connectivity index (χ1) is 14.7. The number of benzene rings is 3. The highest BCUT2D eigenvalue weighted by Gasteiger charge is 2.33. The van der Waals surface area contributed by atoms with Crippen LogP contribution in [0.25, 0.3) is 10.8 Å². The summed E-state index contributed by atoms with van der Waals surface area (Å²) in [5, 5.41) is 2.05. The number of carbonyl (C=O) groups excluding carboxylic acids is 2. The molecule has 0 aliphatic carbocycles. The van der Waals surface area contributed by atoms with Crippen LogP contribution in [-0.2, 0) is 17.8 Å². The summed E-state index contributed by atoms with van der Waals surface area (Å²) in [7, 11) is 0. The van der Waals surface area contributed by atoms with Crippen molar-refractivity contribution < 1.29 is 9.59 Å². The number of hydrogen-bond donors (Lipinski definition) is 0. The van der Waals surface area contributed by atoms with E-state index >= 15 is 0 Å². The lowest BCUT2D eigenvalue weighted by molar-refractivity contribution is -0.137. The SMILES string of the molecule is O=C(c1cccc2ccccc12)N1CCC[C@H](C(=O)N2CCc3ccccc3C2)C1. The average molecular weight is 399 g/mol. The fraction of sp³-hybridized carbons (Fsp3) is 0.308. The molecule has 0 aromatic heterocycles. The van der Waals surface area contributed by atoms with Crippen LogP contribution >= 0.6 is 0 Å².